The van der Waals surface area contributed by atoms with Gasteiger partial charge in [-0.15, -0.1) is 0 Å². The van der Waals surface area contributed by atoms with Crippen LogP contribution in [0.2, 0.25) is 0 Å². The van der Waals surface area contributed by atoms with Crippen LogP contribution in [0.4, 0.5) is 11.4 Å². The van der Waals surface area contributed by atoms with Gasteiger partial charge in [-0.3, -0.25) is 9.11 Å². The molecule has 310 valence electrons. The molecule has 58 heavy (non-hydrogen) atoms. The summed E-state index contributed by atoms with van der Waals surface area (Å²) in [6, 6.07) is 14.7. The average molecular weight is 828 g/mol. The lowest BCUT2D eigenvalue weighted by Gasteiger charge is -2.31. The molecule has 1 atom stereocenters. The molecule has 9 nitrogen and oxygen atoms in total. The Hall–Kier alpha value is -4.16. The Kier molecular flexibility index (Phi) is 12.3. The molecule has 4 aromatic carbocycles. The van der Waals surface area contributed by atoms with E-state index in [2.05, 4.69) is 80.5 Å². The van der Waals surface area contributed by atoms with Crippen molar-refractivity contribution >= 4 is 64.7 Å². The van der Waals surface area contributed by atoms with Crippen molar-refractivity contribution in [3.63, 3.8) is 0 Å². The standard InChI is InChI=1S/C47H58N2O7S2/c1-9-11-24-47(8)43(49(25-12-10-2)41-23-21-37-32(4)28-35(58(54,55)56)30-39(37)45(41)47)19-16-18-42-46(6,7)44-38-29-34(57(51,52)53)27-31(3)36(38)20-22-40(44)48(42)26-15-13-14-17-33(5)50/h16,18-23,27-30H,9-15,17,24-26H2,1-8H3,(H-,51,52,53,54,55,56)/p+1. The predicted octanol–water partition coefficient (Wildman–Crippen LogP) is 10.8. The van der Waals surface area contributed by atoms with Crippen LogP contribution >= 0.6 is 0 Å². The Bertz CT molecular complexity index is 2620. The van der Waals surface area contributed by atoms with Crippen molar-refractivity contribution in [3.05, 3.63) is 94.7 Å². The van der Waals surface area contributed by atoms with E-state index in [1.165, 1.54) is 6.07 Å². The van der Waals surface area contributed by atoms with Gasteiger partial charge in [-0.1, -0.05) is 45.3 Å². The lowest BCUT2D eigenvalue weighted by atomic mass is 9.75. The maximum absolute atomic E-state index is 12.5. The Labute approximate surface area is 345 Å². The van der Waals surface area contributed by atoms with Crippen LogP contribution in [0.25, 0.3) is 21.5 Å². The number of Topliss-reactive ketones (excluding diaryl/α,β-unsaturated/α-hetero) is 1. The van der Waals surface area contributed by atoms with Gasteiger partial charge in [0, 0.05) is 53.9 Å². The van der Waals surface area contributed by atoms with Gasteiger partial charge in [-0.25, -0.2) is 0 Å². The summed E-state index contributed by atoms with van der Waals surface area (Å²) < 4.78 is 72.5. The molecule has 2 aliphatic heterocycles. The van der Waals surface area contributed by atoms with Crippen molar-refractivity contribution in [2.45, 2.75) is 134 Å². The van der Waals surface area contributed by atoms with Crippen LogP contribution in [0, 0.1) is 13.8 Å². The van der Waals surface area contributed by atoms with Crippen molar-refractivity contribution < 1.29 is 35.3 Å². The van der Waals surface area contributed by atoms with E-state index in [0.717, 1.165) is 124 Å². The highest BCUT2D eigenvalue weighted by atomic mass is 32.2. The van der Waals surface area contributed by atoms with Gasteiger partial charge in [0.1, 0.15) is 12.3 Å². The summed E-state index contributed by atoms with van der Waals surface area (Å²) in [5, 5.41) is 3.51. The molecule has 2 N–H and O–H groups in total. The second-order valence-corrected chi connectivity index (χ2v) is 19.9. The van der Waals surface area contributed by atoms with Crippen LogP contribution in [-0.4, -0.2) is 55.1 Å². The highest BCUT2D eigenvalue weighted by molar-refractivity contribution is 7.86. The number of nitrogens with zero attached hydrogens (tertiary/aromatic N) is 2. The van der Waals surface area contributed by atoms with Crippen molar-refractivity contribution in [1.82, 2.24) is 0 Å². The van der Waals surface area contributed by atoms with Gasteiger partial charge in [0.2, 0.25) is 5.69 Å². The summed E-state index contributed by atoms with van der Waals surface area (Å²) in [6.45, 7) is 17.8. The number of fused-ring (bicyclic) bond motifs is 6. The number of benzene rings is 4. The molecular weight excluding hydrogens is 769 g/mol. The minimum Gasteiger partial charge on any atom is -0.344 e. The van der Waals surface area contributed by atoms with E-state index >= 15 is 0 Å². The molecule has 1 unspecified atom stereocenters. The zero-order valence-corrected chi connectivity index (χ0v) is 36.9. The average Bonchev–Trinajstić information content (AvgIpc) is 3.51. The third-order valence-electron chi connectivity index (χ3n) is 12.4. The Morgan fingerprint density at radius 2 is 1.34 bits per heavy atom. The van der Waals surface area contributed by atoms with Gasteiger partial charge < -0.3 is 9.69 Å². The highest BCUT2D eigenvalue weighted by Gasteiger charge is 2.47. The van der Waals surface area contributed by atoms with Crippen molar-refractivity contribution in [2.24, 2.45) is 0 Å². The van der Waals surface area contributed by atoms with E-state index in [9.17, 15) is 30.7 Å². The Balaban J connectivity index is 1.54. The number of hydrogen-bond acceptors (Lipinski definition) is 6. The summed E-state index contributed by atoms with van der Waals surface area (Å²) in [6.07, 6.45) is 14.4. The van der Waals surface area contributed by atoms with Crippen LogP contribution in [0.5, 0.6) is 0 Å². The summed E-state index contributed by atoms with van der Waals surface area (Å²) >= 11 is 0. The van der Waals surface area contributed by atoms with Crippen molar-refractivity contribution in [1.29, 1.82) is 0 Å². The first kappa shape index (κ1) is 43.4. The fourth-order valence-corrected chi connectivity index (χ4v) is 10.7. The SMILES string of the molecule is CCCCN1C(=CC=CC2=[N+](CCCCCC(C)=O)c3ccc4c(C)cc(S(=O)(=O)O)cc4c3C2(C)C)C(C)(CCCC)c2c1ccc1c(C)cc(S(=O)(=O)O)cc21. The van der Waals surface area contributed by atoms with Crippen LogP contribution in [0.15, 0.2) is 82.2 Å². The molecule has 0 aromatic heterocycles. The molecule has 0 amide bonds. The van der Waals surface area contributed by atoms with E-state index in [4.69, 9.17) is 0 Å². The van der Waals surface area contributed by atoms with Gasteiger partial charge in [0.05, 0.1) is 15.2 Å². The number of unbranched alkanes of at least 4 members (excludes halogenated alkanes) is 4. The number of anilines is 1. The topological polar surface area (TPSA) is 132 Å². The van der Waals surface area contributed by atoms with Gasteiger partial charge in [0.25, 0.3) is 20.2 Å². The molecule has 0 spiro atoms. The predicted molar refractivity (Wildman–Crippen MR) is 235 cm³/mol. The quantitative estimate of drug-likeness (QED) is 0.0648. The number of carbonyl (C=O) groups is 1. The van der Waals surface area contributed by atoms with Gasteiger partial charge in [-0.2, -0.15) is 21.4 Å². The molecule has 2 aliphatic rings. The number of aryl methyl sites for hydroxylation is 2. The minimum absolute atomic E-state index is 0.103. The highest BCUT2D eigenvalue weighted by Crippen LogP contribution is 2.54. The lowest BCUT2D eigenvalue weighted by molar-refractivity contribution is -0.438. The van der Waals surface area contributed by atoms with Crippen LogP contribution in [-0.2, 0) is 35.9 Å². The molecule has 0 aliphatic carbocycles. The summed E-state index contributed by atoms with van der Waals surface area (Å²) in [5.74, 6) is 0.183. The first-order chi connectivity index (χ1) is 27.2. The second-order valence-electron chi connectivity index (χ2n) is 17.1. The first-order valence-corrected chi connectivity index (χ1v) is 23.5. The molecule has 0 saturated carbocycles. The van der Waals surface area contributed by atoms with Gasteiger partial charge in [-0.05, 0) is 148 Å². The molecule has 0 fully saturated rings. The second kappa shape index (κ2) is 16.5. The van der Waals surface area contributed by atoms with E-state index in [1.54, 1.807) is 25.1 Å². The molecule has 11 heteroatoms. The molecule has 4 aromatic rings. The smallest absolute Gasteiger partial charge is 0.294 e. The van der Waals surface area contributed by atoms with Crippen molar-refractivity contribution in [3.8, 4) is 0 Å². The summed E-state index contributed by atoms with van der Waals surface area (Å²) in [5.41, 5.74) is 6.83. The fraction of sp³-hybridized carbons (Fsp3) is 0.447. The first-order valence-electron chi connectivity index (χ1n) is 20.7. The summed E-state index contributed by atoms with van der Waals surface area (Å²) in [4.78, 5) is 13.9. The summed E-state index contributed by atoms with van der Waals surface area (Å²) in [7, 11) is -8.88. The van der Waals surface area contributed by atoms with Gasteiger partial charge in [0.15, 0.2) is 5.71 Å². The molecule has 2 heterocycles. The Morgan fingerprint density at radius 1 is 0.759 bits per heavy atom. The Morgan fingerprint density at radius 3 is 1.91 bits per heavy atom. The third kappa shape index (κ3) is 8.07. The van der Waals surface area contributed by atoms with E-state index < -0.39 is 31.1 Å². The maximum atomic E-state index is 12.5. The number of carbonyl (C=O) groups excluding carboxylic acids is 1. The number of hydrogen-bond donors (Lipinski definition) is 2. The zero-order valence-electron chi connectivity index (χ0n) is 35.3. The maximum Gasteiger partial charge on any atom is 0.294 e. The van der Waals surface area contributed by atoms with Crippen LogP contribution < -0.4 is 4.90 Å². The minimum atomic E-state index is -4.44. The molecule has 0 radical (unpaired) electrons. The molecule has 6 rings (SSSR count). The third-order valence-corrected chi connectivity index (χ3v) is 14.1. The normalized spacial score (nSPS) is 18.7. The monoisotopic (exact) mass is 827 g/mol. The van der Waals surface area contributed by atoms with E-state index in [0.29, 0.717) is 13.0 Å². The molecule has 0 bridgehead atoms. The van der Waals surface area contributed by atoms with Crippen LogP contribution in [0.3, 0.4) is 0 Å². The van der Waals surface area contributed by atoms with E-state index in [-0.39, 0.29) is 15.6 Å². The van der Waals surface area contributed by atoms with E-state index in [1.807, 2.05) is 19.9 Å². The largest absolute Gasteiger partial charge is 0.344 e. The number of ketones is 1. The zero-order chi connectivity index (χ0) is 42.4. The number of rotatable bonds is 16. The van der Waals surface area contributed by atoms with Crippen molar-refractivity contribution in [2.75, 3.05) is 18.0 Å². The van der Waals surface area contributed by atoms with Gasteiger partial charge >= 0.3 is 0 Å². The fourth-order valence-electron chi connectivity index (χ4n) is 9.49. The van der Waals surface area contributed by atoms with Crippen LogP contribution in [0.1, 0.15) is 122 Å². The molecule has 0 saturated heterocycles. The number of allylic oxidation sites excluding steroid dienone is 4. The molecular formula is C47H59N2O7S2+. The lowest BCUT2D eigenvalue weighted by Crippen LogP contribution is -2.30.